The molecule has 0 radical (unpaired) electrons. The van der Waals surface area contributed by atoms with Crippen LogP contribution in [-0.2, 0) is 0 Å². The van der Waals surface area contributed by atoms with Gasteiger partial charge in [-0.2, -0.15) is 11.8 Å². The lowest BCUT2D eigenvalue weighted by atomic mass is 10.2. The molecule has 1 rings (SSSR count). The van der Waals surface area contributed by atoms with E-state index >= 15 is 0 Å². The normalized spacial score (nSPS) is 12.4. The zero-order valence-corrected chi connectivity index (χ0v) is 11.8. The standard InChI is InChI=1S/C14H23NOS/c1-4-17-10-9-15-13(3)11-16-14-7-5-12(2)6-8-14/h5-8,13,15H,4,9-11H2,1-3H3. The van der Waals surface area contributed by atoms with Gasteiger partial charge in [0, 0.05) is 18.3 Å². The van der Waals surface area contributed by atoms with Crippen LogP contribution in [0.4, 0.5) is 0 Å². The Bertz CT molecular complexity index is 300. The third-order valence-corrected chi connectivity index (χ3v) is 3.37. The Morgan fingerprint density at radius 2 is 2.00 bits per heavy atom. The van der Waals surface area contributed by atoms with Crippen molar-refractivity contribution in [1.82, 2.24) is 5.32 Å². The molecule has 0 saturated carbocycles. The molecule has 0 saturated heterocycles. The Balaban J connectivity index is 2.14. The molecule has 0 aliphatic heterocycles. The molecule has 96 valence electrons. The van der Waals surface area contributed by atoms with E-state index in [1.54, 1.807) is 0 Å². The predicted molar refractivity (Wildman–Crippen MR) is 77.1 cm³/mol. The van der Waals surface area contributed by atoms with Crippen molar-refractivity contribution >= 4 is 11.8 Å². The summed E-state index contributed by atoms with van der Waals surface area (Å²) in [4.78, 5) is 0. The van der Waals surface area contributed by atoms with Gasteiger partial charge in [0.2, 0.25) is 0 Å². The van der Waals surface area contributed by atoms with Gasteiger partial charge in [-0.05, 0) is 31.7 Å². The number of benzene rings is 1. The Hall–Kier alpha value is -0.670. The van der Waals surface area contributed by atoms with Crippen LogP contribution >= 0.6 is 11.8 Å². The van der Waals surface area contributed by atoms with Crippen LogP contribution in [0.3, 0.4) is 0 Å². The van der Waals surface area contributed by atoms with Crippen molar-refractivity contribution in [2.75, 3.05) is 24.7 Å². The Kier molecular flexibility index (Phi) is 7.13. The fourth-order valence-electron chi connectivity index (χ4n) is 1.44. The highest BCUT2D eigenvalue weighted by Gasteiger charge is 2.01. The van der Waals surface area contributed by atoms with Crippen LogP contribution in [0.2, 0.25) is 0 Å². The lowest BCUT2D eigenvalue weighted by Crippen LogP contribution is -2.33. The number of ether oxygens (including phenoxy) is 1. The average molecular weight is 253 g/mol. The molecule has 0 spiro atoms. The number of thioether (sulfide) groups is 1. The van der Waals surface area contributed by atoms with E-state index in [0.29, 0.717) is 6.04 Å². The van der Waals surface area contributed by atoms with E-state index in [9.17, 15) is 0 Å². The van der Waals surface area contributed by atoms with Crippen LogP contribution in [0.15, 0.2) is 24.3 Å². The average Bonchev–Trinajstić information content (AvgIpc) is 2.34. The summed E-state index contributed by atoms with van der Waals surface area (Å²) in [5.41, 5.74) is 1.26. The van der Waals surface area contributed by atoms with Gasteiger partial charge >= 0.3 is 0 Å². The van der Waals surface area contributed by atoms with Gasteiger partial charge in [-0.25, -0.2) is 0 Å². The number of hydrogen-bond acceptors (Lipinski definition) is 3. The van der Waals surface area contributed by atoms with Gasteiger partial charge in [-0.15, -0.1) is 0 Å². The summed E-state index contributed by atoms with van der Waals surface area (Å²) >= 11 is 1.96. The largest absolute Gasteiger partial charge is 0.492 e. The van der Waals surface area contributed by atoms with E-state index in [-0.39, 0.29) is 0 Å². The van der Waals surface area contributed by atoms with Gasteiger partial charge < -0.3 is 10.1 Å². The first-order valence-corrected chi connectivity index (χ1v) is 7.38. The summed E-state index contributed by atoms with van der Waals surface area (Å²) in [5.74, 6) is 3.31. The van der Waals surface area contributed by atoms with Crippen LogP contribution in [0.5, 0.6) is 5.75 Å². The van der Waals surface area contributed by atoms with E-state index in [0.717, 1.165) is 18.9 Å². The van der Waals surface area contributed by atoms with Gasteiger partial charge in [-0.1, -0.05) is 24.6 Å². The van der Waals surface area contributed by atoms with Crippen molar-refractivity contribution in [3.05, 3.63) is 29.8 Å². The first-order chi connectivity index (χ1) is 8.22. The maximum absolute atomic E-state index is 5.71. The molecule has 0 heterocycles. The van der Waals surface area contributed by atoms with Crippen LogP contribution in [0.1, 0.15) is 19.4 Å². The monoisotopic (exact) mass is 253 g/mol. The van der Waals surface area contributed by atoms with Crippen LogP contribution in [-0.4, -0.2) is 30.7 Å². The van der Waals surface area contributed by atoms with Crippen LogP contribution in [0.25, 0.3) is 0 Å². The number of rotatable bonds is 8. The van der Waals surface area contributed by atoms with Gasteiger partial charge in [0.05, 0.1) is 0 Å². The molecular formula is C14H23NOS. The third-order valence-electron chi connectivity index (χ3n) is 2.46. The topological polar surface area (TPSA) is 21.3 Å². The molecule has 3 heteroatoms. The molecule has 0 aliphatic carbocycles. The fourth-order valence-corrected chi connectivity index (χ4v) is 1.99. The summed E-state index contributed by atoms with van der Waals surface area (Å²) < 4.78 is 5.71. The quantitative estimate of drug-likeness (QED) is 0.719. The first kappa shape index (κ1) is 14.4. The second kappa shape index (κ2) is 8.43. The van der Waals surface area contributed by atoms with Crippen LogP contribution < -0.4 is 10.1 Å². The summed E-state index contributed by atoms with van der Waals surface area (Å²) in [6.45, 7) is 8.20. The maximum Gasteiger partial charge on any atom is 0.119 e. The molecule has 0 amide bonds. The van der Waals surface area contributed by atoms with Gasteiger partial charge in [0.15, 0.2) is 0 Å². The molecule has 1 aromatic rings. The minimum Gasteiger partial charge on any atom is -0.492 e. The van der Waals surface area contributed by atoms with E-state index in [1.807, 2.05) is 23.9 Å². The first-order valence-electron chi connectivity index (χ1n) is 6.23. The number of aryl methyl sites for hydroxylation is 1. The molecule has 1 aromatic carbocycles. The SMILES string of the molecule is CCSCCNC(C)COc1ccc(C)cc1. The van der Waals surface area contributed by atoms with Gasteiger partial charge in [0.1, 0.15) is 12.4 Å². The van der Waals surface area contributed by atoms with E-state index in [1.165, 1.54) is 17.1 Å². The number of nitrogens with one attached hydrogen (secondary N) is 1. The summed E-state index contributed by atoms with van der Waals surface area (Å²) in [6, 6.07) is 8.59. The van der Waals surface area contributed by atoms with Crippen molar-refractivity contribution in [3.63, 3.8) is 0 Å². The lowest BCUT2D eigenvalue weighted by molar-refractivity contribution is 0.275. The van der Waals surface area contributed by atoms with Gasteiger partial charge in [-0.3, -0.25) is 0 Å². The van der Waals surface area contributed by atoms with E-state index in [4.69, 9.17) is 4.74 Å². The van der Waals surface area contributed by atoms with E-state index < -0.39 is 0 Å². The van der Waals surface area contributed by atoms with Crippen LogP contribution in [0, 0.1) is 6.92 Å². The minimum atomic E-state index is 0.397. The van der Waals surface area contributed by atoms with E-state index in [2.05, 4.69) is 38.2 Å². The lowest BCUT2D eigenvalue weighted by Gasteiger charge is -2.14. The Morgan fingerprint density at radius 3 is 2.65 bits per heavy atom. The van der Waals surface area contributed by atoms with Crippen molar-refractivity contribution in [2.24, 2.45) is 0 Å². The van der Waals surface area contributed by atoms with Crippen molar-refractivity contribution in [1.29, 1.82) is 0 Å². The fraction of sp³-hybridized carbons (Fsp3) is 0.571. The number of hydrogen-bond donors (Lipinski definition) is 1. The highest BCUT2D eigenvalue weighted by Crippen LogP contribution is 2.11. The second-order valence-electron chi connectivity index (χ2n) is 4.18. The molecule has 17 heavy (non-hydrogen) atoms. The molecule has 1 unspecified atom stereocenters. The molecule has 2 nitrogen and oxygen atoms in total. The molecular weight excluding hydrogens is 230 g/mol. The van der Waals surface area contributed by atoms with Crippen molar-refractivity contribution in [2.45, 2.75) is 26.8 Å². The zero-order valence-electron chi connectivity index (χ0n) is 11.0. The summed E-state index contributed by atoms with van der Waals surface area (Å²) in [5, 5.41) is 3.45. The Labute approximate surface area is 109 Å². The molecule has 0 aromatic heterocycles. The van der Waals surface area contributed by atoms with Crippen molar-refractivity contribution < 1.29 is 4.74 Å². The zero-order chi connectivity index (χ0) is 12.5. The minimum absolute atomic E-state index is 0.397. The highest BCUT2D eigenvalue weighted by atomic mass is 32.2. The van der Waals surface area contributed by atoms with Crippen molar-refractivity contribution in [3.8, 4) is 5.75 Å². The molecule has 0 fully saturated rings. The maximum atomic E-state index is 5.71. The molecule has 0 aliphatic rings. The Morgan fingerprint density at radius 1 is 1.29 bits per heavy atom. The highest BCUT2D eigenvalue weighted by molar-refractivity contribution is 7.99. The smallest absolute Gasteiger partial charge is 0.119 e. The second-order valence-corrected chi connectivity index (χ2v) is 5.57. The molecule has 1 N–H and O–H groups in total. The molecule has 1 atom stereocenters. The summed E-state index contributed by atoms with van der Waals surface area (Å²) in [6.07, 6.45) is 0. The van der Waals surface area contributed by atoms with Gasteiger partial charge in [0.25, 0.3) is 0 Å². The predicted octanol–water partition coefficient (Wildman–Crippen LogP) is 3.11. The molecule has 0 bridgehead atoms. The third kappa shape index (κ3) is 6.59. The summed E-state index contributed by atoms with van der Waals surface area (Å²) in [7, 11) is 0.